The summed E-state index contributed by atoms with van der Waals surface area (Å²) >= 11 is 0. The molecule has 8 nitrogen and oxygen atoms in total. The summed E-state index contributed by atoms with van der Waals surface area (Å²) in [6, 6.07) is 2.99. The highest BCUT2D eigenvalue weighted by atomic mass is 28.4. The van der Waals surface area contributed by atoms with Crippen LogP contribution in [-0.4, -0.2) is 58.0 Å². The van der Waals surface area contributed by atoms with E-state index in [2.05, 4.69) is 30.8 Å². The molecule has 0 aliphatic carbocycles. The minimum atomic E-state index is -2.70. The van der Waals surface area contributed by atoms with Gasteiger partial charge in [0.15, 0.2) is 8.32 Å². The van der Waals surface area contributed by atoms with Crippen molar-refractivity contribution >= 4 is 34.5 Å². The lowest BCUT2D eigenvalue weighted by atomic mass is 9.93. The van der Waals surface area contributed by atoms with Crippen LogP contribution >= 0.6 is 0 Å². The second-order valence-electron chi connectivity index (χ2n) is 12.4. The van der Waals surface area contributed by atoms with Gasteiger partial charge in [-0.25, -0.2) is 4.79 Å². The summed E-state index contributed by atoms with van der Waals surface area (Å²) < 4.78 is 11.2. The fourth-order valence-corrected chi connectivity index (χ4v) is 5.00. The predicted molar refractivity (Wildman–Crippen MR) is 151 cm³/mol. The number of carbonyl (C=O) groups excluding carboxylic acids is 2. The largest absolute Gasteiger partial charge is 0.543 e. The number of nitrogens with one attached hydrogen (secondary N) is 1. The predicted octanol–water partition coefficient (Wildman–Crippen LogP) is 5.75. The van der Waals surface area contributed by atoms with Crippen LogP contribution in [0.3, 0.4) is 0 Å². The molecule has 0 heterocycles. The first kappa shape index (κ1) is 32.9. The van der Waals surface area contributed by atoms with Gasteiger partial charge in [0.1, 0.15) is 11.3 Å². The summed E-state index contributed by atoms with van der Waals surface area (Å²) in [7, 11) is -3.81. The van der Waals surface area contributed by atoms with Gasteiger partial charge in [-0.05, 0) is 67.7 Å². The highest BCUT2D eigenvalue weighted by molar-refractivity contribution is 6.75. The molecule has 0 saturated heterocycles. The van der Waals surface area contributed by atoms with Crippen LogP contribution in [0.1, 0.15) is 86.6 Å². The van der Waals surface area contributed by atoms with E-state index in [9.17, 15) is 24.3 Å². The molecule has 3 N–H and O–H groups in total. The Kier molecular flexibility index (Phi) is 11.2. The van der Waals surface area contributed by atoms with E-state index in [-0.39, 0.29) is 28.2 Å². The Hall–Kier alpha value is -2.18. The van der Waals surface area contributed by atoms with Crippen molar-refractivity contribution in [3.63, 3.8) is 0 Å². The fourth-order valence-electron chi connectivity index (χ4n) is 3.34. The molecule has 37 heavy (non-hydrogen) atoms. The van der Waals surface area contributed by atoms with E-state index in [1.807, 2.05) is 40.0 Å². The molecule has 0 radical (unpaired) electrons. The quantitative estimate of drug-likeness (QED) is 0.161. The van der Waals surface area contributed by atoms with Crippen molar-refractivity contribution in [2.24, 2.45) is 0 Å². The zero-order valence-corrected chi connectivity index (χ0v) is 26.3. The van der Waals surface area contributed by atoms with E-state index < -0.39 is 27.6 Å². The lowest BCUT2D eigenvalue weighted by Gasteiger charge is -2.40. The maximum Gasteiger partial charge on any atom is 0.339 e. The Morgan fingerprint density at radius 1 is 0.946 bits per heavy atom. The number of hydrogen-bond acceptors (Lipinski definition) is 6. The Morgan fingerprint density at radius 3 is 2.00 bits per heavy atom. The molecule has 1 amide bonds. The number of ether oxygens (including phenoxy) is 1. The summed E-state index contributed by atoms with van der Waals surface area (Å²) in [5.41, 5.74) is 0.902. The molecule has 0 aliphatic rings. The van der Waals surface area contributed by atoms with Crippen molar-refractivity contribution in [2.45, 2.75) is 103 Å². The molecule has 0 bridgehead atoms. The molecule has 0 spiro atoms. The van der Waals surface area contributed by atoms with Crippen LogP contribution in [0, 0.1) is 0 Å². The molecule has 0 fully saturated rings. The summed E-state index contributed by atoms with van der Waals surface area (Å²) in [6.07, 6.45) is 2.78. The smallest absolute Gasteiger partial charge is 0.339 e. The third-order valence-electron chi connectivity index (χ3n) is 7.74. The first-order chi connectivity index (χ1) is 16.7. The number of benzene rings is 1. The van der Waals surface area contributed by atoms with Crippen molar-refractivity contribution < 1.29 is 33.4 Å². The van der Waals surface area contributed by atoms with Crippen LogP contribution < -0.4 is 9.74 Å². The second kappa shape index (κ2) is 12.6. The van der Waals surface area contributed by atoms with Crippen LogP contribution in [-0.2, 0) is 16.0 Å². The van der Waals surface area contributed by atoms with E-state index >= 15 is 0 Å². The van der Waals surface area contributed by atoms with Gasteiger partial charge in [0.2, 0.25) is 0 Å². The average Bonchev–Trinajstić information content (AvgIpc) is 2.74. The molecular weight excluding hydrogens is 506 g/mol. The van der Waals surface area contributed by atoms with Gasteiger partial charge in [0, 0.05) is 24.1 Å². The minimum absolute atomic E-state index is 0.0207. The number of rotatable bonds is 13. The molecule has 0 aliphatic heterocycles. The average molecular weight is 554 g/mol. The molecule has 1 rings (SSSR count). The van der Waals surface area contributed by atoms with Crippen LogP contribution in [0.15, 0.2) is 12.1 Å². The van der Waals surface area contributed by atoms with E-state index in [1.165, 1.54) is 13.2 Å². The molecule has 1 aromatic rings. The van der Waals surface area contributed by atoms with Crippen molar-refractivity contribution in [1.82, 2.24) is 5.32 Å². The number of carboxylic acid groups (broad SMARTS) is 1. The van der Waals surface area contributed by atoms with Gasteiger partial charge in [-0.3, -0.25) is 9.59 Å². The third-order valence-corrected chi connectivity index (χ3v) is 15.6. The normalized spacial score (nSPS) is 12.7. The Labute approximate surface area is 224 Å². The van der Waals surface area contributed by atoms with Gasteiger partial charge in [-0.15, -0.1) is 0 Å². The van der Waals surface area contributed by atoms with Crippen molar-refractivity contribution in [3.8, 4) is 5.75 Å². The topological polar surface area (TPSA) is 122 Å². The Bertz CT molecular complexity index is 976. The van der Waals surface area contributed by atoms with Crippen LogP contribution in [0.5, 0.6) is 5.75 Å². The van der Waals surface area contributed by atoms with Crippen LogP contribution in [0.2, 0.25) is 36.3 Å². The van der Waals surface area contributed by atoms with Gasteiger partial charge in [0.25, 0.3) is 14.2 Å². The molecule has 1 aromatic carbocycles. The molecule has 0 aromatic heterocycles. The zero-order chi connectivity index (χ0) is 28.8. The van der Waals surface area contributed by atoms with Crippen molar-refractivity contribution in [1.29, 1.82) is 0 Å². The number of hydrogen-bond donors (Lipinski definition) is 3. The number of carboxylic acids is 1. The second-order valence-corrected chi connectivity index (χ2v) is 21.6. The SMILES string of the molecule is COC(=O)CCCCCNC(=O)c1ccc(C(=O)O)c(O[Si](C)(C)C(C)(C)C)c1CC(C)(C)[Si](C)(C)O. The van der Waals surface area contributed by atoms with Gasteiger partial charge in [0.05, 0.1) is 7.11 Å². The molecule has 0 atom stereocenters. The van der Waals surface area contributed by atoms with E-state index in [4.69, 9.17) is 4.43 Å². The molecule has 0 saturated carbocycles. The fraction of sp³-hybridized carbons (Fsp3) is 0.667. The minimum Gasteiger partial charge on any atom is -0.543 e. The maximum absolute atomic E-state index is 13.4. The van der Waals surface area contributed by atoms with Gasteiger partial charge >= 0.3 is 11.9 Å². The number of methoxy groups -OCH3 is 1. The van der Waals surface area contributed by atoms with E-state index in [1.54, 1.807) is 6.07 Å². The standard InChI is InChI=1S/C27H47NO7Si2/c1-26(2,3)37(9,10)35-23-20(25(31)32)16-15-19(21(23)18-27(4,5)36(7,8)33)24(30)28-17-13-11-12-14-22(29)34-6/h15-16,33H,11-14,17-18H2,1-10H3,(H,28,30)(H,31,32). The maximum atomic E-state index is 13.4. The number of aromatic carboxylic acids is 1. The lowest BCUT2D eigenvalue weighted by Crippen LogP contribution is -2.45. The molecule has 210 valence electrons. The highest BCUT2D eigenvalue weighted by Gasteiger charge is 2.43. The number of esters is 1. The first-order valence-corrected chi connectivity index (χ1v) is 18.8. The third kappa shape index (κ3) is 8.96. The lowest BCUT2D eigenvalue weighted by molar-refractivity contribution is -0.140. The highest BCUT2D eigenvalue weighted by Crippen LogP contribution is 2.45. The summed E-state index contributed by atoms with van der Waals surface area (Å²) in [6.45, 7) is 18.3. The monoisotopic (exact) mass is 553 g/mol. The summed E-state index contributed by atoms with van der Waals surface area (Å²) in [5.74, 6) is -1.45. The van der Waals surface area contributed by atoms with E-state index in [0.717, 1.165) is 6.42 Å². The zero-order valence-electron chi connectivity index (χ0n) is 24.3. The molecule has 10 heteroatoms. The Morgan fingerprint density at radius 2 is 1.51 bits per heavy atom. The number of amides is 1. The van der Waals surface area contributed by atoms with Crippen LogP contribution in [0.4, 0.5) is 0 Å². The first-order valence-electron chi connectivity index (χ1n) is 12.9. The van der Waals surface area contributed by atoms with Crippen molar-refractivity contribution in [3.05, 3.63) is 28.8 Å². The molecule has 0 unspecified atom stereocenters. The van der Waals surface area contributed by atoms with Crippen LogP contribution in [0.25, 0.3) is 0 Å². The Balaban J connectivity index is 3.45. The number of carbonyl (C=O) groups is 3. The number of unbranched alkanes of at least 4 members (excludes halogenated alkanes) is 2. The van der Waals surface area contributed by atoms with Crippen molar-refractivity contribution in [2.75, 3.05) is 13.7 Å². The molecular formula is C27H47NO7Si2. The van der Waals surface area contributed by atoms with Gasteiger partial charge in [-0.2, -0.15) is 0 Å². The van der Waals surface area contributed by atoms with E-state index in [0.29, 0.717) is 43.4 Å². The van der Waals surface area contributed by atoms with Gasteiger partial charge < -0.3 is 24.4 Å². The van der Waals surface area contributed by atoms with Gasteiger partial charge in [-0.1, -0.05) is 41.0 Å². The summed E-state index contributed by atoms with van der Waals surface area (Å²) in [4.78, 5) is 47.9. The summed E-state index contributed by atoms with van der Waals surface area (Å²) in [5, 5.41) is 12.2.